The third-order valence-electron chi connectivity index (χ3n) is 2.78. The van der Waals surface area contributed by atoms with Gasteiger partial charge in [-0.3, -0.25) is 0 Å². The van der Waals surface area contributed by atoms with Gasteiger partial charge in [-0.05, 0) is 22.8 Å². The van der Waals surface area contributed by atoms with Gasteiger partial charge in [-0.2, -0.15) is 5.48 Å². The lowest BCUT2D eigenvalue weighted by Gasteiger charge is -2.11. The van der Waals surface area contributed by atoms with E-state index in [1.807, 2.05) is 30.3 Å². The number of hydrogen-bond donors (Lipinski definition) is 2. The van der Waals surface area contributed by atoms with Crippen LogP contribution < -0.4 is 5.48 Å². The molecule has 3 nitrogen and oxygen atoms in total. The summed E-state index contributed by atoms with van der Waals surface area (Å²) >= 11 is 0. The first-order chi connectivity index (χ1) is 8.68. The van der Waals surface area contributed by atoms with E-state index in [4.69, 9.17) is 4.84 Å². The lowest BCUT2D eigenvalue weighted by Crippen LogP contribution is -2.17. The molecule has 18 heavy (non-hydrogen) atoms. The van der Waals surface area contributed by atoms with Crippen LogP contribution in [0, 0.1) is 5.92 Å². The van der Waals surface area contributed by atoms with Crippen LogP contribution in [-0.2, 0) is 11.4 Å². The summed E-state index contributed by atoms with van der Waals surface area (Å²) in [4.78, 5) is 5.34. The second kappa shape index (κ2) is 5.85. The highest BCUT2D eigenvalue weighted by atomic mass is 16.6. The van der Waals surface area contributed by atoms with Crippen LogP contribution in [0.3, 0.4) is 0 Å². The molecule has 0 fully saturated rings. The quantitative estimate of drug-likeness (QED) is 0.627. The molecule has 0 amide bonds. The number of phenolic OH excluding ortho intramolecular Hbond substituents is 1. The number of nitrogens with one attached hydrogen (secondary N) is 1. The van der Waals surface area contributed by atoms with Gasteiger partial charge in [-0.15, -0.1) is 0 Å². The summed E-state index contributed by atoms with van der Waals surface area (Å²) in [6.07, 6.45) is 0. The molecular weight excluding hydrogens is 226 g/mol. The number of phenols is 1. The average Bonchev–Trinajstić information content (AvgIpc) is 2.36. The Bertz CT molecular complexity index is 523. The number of hydrogen-bond acceptors (Lipinski definition) is 3. The van der Waals surface area contributed by atoms with Crippen LogP contribution in [0.5, 0.6) is 5.75 Å². The van der Waals surface area contributed by atoms with Gasteiger partial charge < -0.3 is 9.94 Å². The van der Waals surface area contributed by atoms with Crippen molar-refractivity contribution in [3.05, 3.63) is 42.0 Å². The average molecular weight is 245 g/mol. The number of rotatable bonds is 5. The summed E-state index contributed by atoms with van der Waals surface area (Å²) in [5.41, 5.74) is 3.78. The van der Waals surface area contributed by atoms with Gasteiger partial charge in [-0.25, -0.2) is 0 Å². The first-order valence-electron chi connectivity index (χ1n) is 6.22. The first-order valence-corrected chi connectivity index (χ1v) is 6.22. The fourth-order valence-corrected chi connectivity index (χ4v) is 1.86. The van der Waals surface area contributed by atoms with Crippen LogP contribution in [0.2, 0.25) is 0 Å². The van der Waals surface area contributed by atoms with E-state index in [1.165, 1.54) is 0 Å². The molecule has 0 aromatic heterocycles. The maximum absolute atomic E-state index is 9.92. The van der Waals surface area contributed by atoms with Gasteiger partial charge in [0.15, 0.2) is 0 Å². The van der Waals surface area contributed by atoms with Crippen LogP contribution in [0.1, 0.15) is 19.4 Å². The molecule has 3 heteroatoms. The van der Waals surface area contributed by atoms with Crippen molar-refractivity contribution in [1.29, 1.82) is 0 Å². The monoisotopic (exact) mass is 245 g/mol. The van der Waals surface area contributed by atoms with E-state index in [0.717, 1.165) is 16.3 Å². The molecule has 2 N–H and O–H groups in total. The fraction of sp³-hybridized carbons (Fsp3) is 0.333. The minimum absolute atomic E-state index is 0.300. The van der Waals surface area contributed by atoms with E-state index >= 15 is 0 Å². The van der Waals surface area contributed by atoms with Crippen LogP contribution in [0.4, 0.5) is 0 Å². The van der Waals surface area contributed by atoms with Gasteiger partial charge in [0.2, 0.25) is 0 Å². The second-order valence-electron chi connectivity index (χ2n) is 4.81. The van der Waals surface area contributed by atoms with E-state index in [-0.39, 0.29) is 0 Å². The van der Waals surface area contributed by atoms with Crippen molar-refractivity contribution < 1.29 is 9.94 Å². The Balaban J connectivity index is 2.14. The minimum Gasteiger partial charge on any atom is -0.508 e. The van der Waals surface area contributed by atoms with Crippen LogP contribution in [0.25, 0.3) is 10.8 Å². The summed E-state index contributed by atoms with van der Waals surface area (Å²) in [5, 5.41) is 12.1. The summed E-state index contributed by atoms with van der Waals surface area (Å²) in [6.45, 7) is 5.35. The summed E-state index contributed by atoms with van der Waals surface area (Å²) in [7, 11) is 0. The zero-order valence-electron chi connectivity index (χ0n) is 10.8. The topological polar surface area (TPSA) is 41.5 Å². The predicted molar refractivity (Wildman–Crippen MR) is 73.2 cm³/mol. The Hall–Kier alpha value is -1.58. The Kier molecular flexibility index (Phi) is 4.18. The maximum atomic E-state index is 9.92. The van der Waals surface area contributed by atoms with Crippen molar-refractivity contribution in [2.45, 2.75) is 20.4 Å². The van der Waals surface area contributed by atoms with E-state index < -0.39 is 0 Å². The third kappa shape index (κ3) is 3.00. The summed E-state index contributed by atoms with van der Waals surface area (Å²) < 4.78 is 0. The maximum Gasteiger partial charge on any atom is 0.120 e. The lowest BCUT2D eigenvalue weighted by atomic mass is 10.0. The van der Waals surface area contributed by atoms with Crippen molar-refractivity contribution in [3.8, 4) is 5.75 Å². The molecule has 0 saturated heterocycles. The van der Waals surface area contributed by atoms with Crippen molar-refractivity contribution in [2.24, 2.45) is 5.92 Å². The van der Waals surface area contributed by atoms with E-state index in [1.54, 1.807) is 6.07 Å². The Labute approximate surface area is 107 Å². The number of benzene rings is 2. The highest BCUT2D eigenvalue weighted by Gasteiger charge is 2.06. The Morgan fingerprint density at radius 2 is 1.94 bits per heavy atom. The summed E-state index contributed by atoms with van der Waals surface area (Å²) in [5.74, 6) is 0.785. The SMILES string of the molecule is CC(C)CONCc1c(O)ccc2ccccc12. The van der Waals surface area contributed by atoms with Crippen molar-refractivity contribution in [2.75, 3.05) is 6.61 Å². The smallest absolute Gasteiger partial charge is 0.120 e. The molecular formula is C15H19NO2. The lowest BCUT2D eigenvalue weighted by molar-refractivity contribution is 0.0195. The van der Waals surface area contributed by atoms with Crippen molar-refractivity contribution in [1.82, 2.24) is 5.48 Å². The molecule has 0 aliphatic rings. The van der Waals surface area contributed by atoms with Gasteiger partial charge in [0.05, 0.1) is 13.2 Å². The molecule has 0 unspecified atom stereocenters. The van der Waals surface area contributed by atoms with Gasteiger partial charge in [0.25, 0.3) is 0 Å². The molecule has 2 aromatic carbocycles. The molecule has 0 spiro atoms. The number of hydroxylamine groups is 1. The van der Waals surface area contributed by atoms with Gasteiger partial charge in [0, 0.05) is 5.56 Å². The normalized spacial score (nSPS) is 11.3. The van der Waals surface area contributed by atoms with Crippen LogP contribution >= 0.6 is 0 Å². The molecule has 0 radical (unpaired) electrons. The van der Waals surface area contributed by atoms with E-state index in [0.29, 0.717) is 24.8 Å². The highest BCUT2D eigenvalue weighted by molar-refractivity contribution is 5.87. The second-order valence-corrected chi connectivity index (χ2v) is 4.81. The molecule has 0 heterocycles. The molecule has 0 bridgehead atoms. The van der Waals surface area contributed by atoms with E-state index in [9.17, 15) is 5.11 Å². The van der Waals surface area contributed by atoms with Gasteiger partial charge in [0.1, 0.15) is 5.75 Å². The molecule has 96 valence electrons. The molecule has 0 aliphatic heterocycles. The third-order valence-corrected chi connectivity index (χ3v) is 2.78. The molecule has 0 saturated carbocycles. The Morgan fingerprint density at radius 3 is 2.72 bits per heavy atom. The van der Waals surface area contributed by atoms with Crippen LogP contribution in [-0.4, -0.2) is 11.7 Å². The van der Waals surface area contributed by atoms with Crippen LogP contribution in [0.15, 0.2) is 36.4 Å². The highest BCUT2D eigenvalue weighted by Crippen LogP contribution is 2.26. The molecule has 0 atom stereocenters. The molecule has 2 aromatic rings. The zero-order valence-corrected chi connectivity index (χ0v) is 10.8. The predicted octanol–water partition coefficient (Wildman–Crippen LogP) is 3.22. The first kappa shape index (κ1) is 12.9. The van der Waals surface area contributed by atoms with Gasteiger partial charge in [-0.1, -0.05) is 44.2 Å². The van der Waals surface area contributed by atoms with Gasteiger partial charge >= 0.3 is 0 Å². The van der Waals surface area contributed by atoms with Crippen molar-refractivity contribution >= 4 is 10.8 Å². The standard InChI is InChI=1S/C15H19NO2/c1-11(2)10-18-16-9-14-13-6-4-3-5-12(13)7-8-15(14)17/h3-8,11,16-17H,9-10H2,1-2H3. The summed E-state index contributed by atoms with van der Waals surface area (Å²) in [6, 6.07) is 11.7. The number of aromatic hydroxyl groups is 1. The fourth-order valence-electron chi connectivity index (χ4n) is 1.86. The molecule has 0 aliphatic carbocycles. The largest absolute Gasteiger partial charge is 0.508 e. The number of fused-ring (bicyclic) bond motifs is 1. The Morgan fingerprint density at radius 1 is 1.17 bits per heavy atom. The minimum atomic E-state index is 0.300. The van der Waals surface area contributed by atoms with Crippen molar-refractivity contribution in [3.63, 3.8) is 0 Å². The molecule has 2 rings (SSSR count). The van der Waals surface area contributed by atoms with E-state index in [2.05, 4.69) is 19.3 Å². The zero-order chi connectivity index (χ0) is 13.0.